The van der Waals surface area contributed by atoms with Crippen LogP contribution in [0.2, 0.25) is 0 Å². The van der Waals surface area contributed by atoms with E-state index in [1.807, 2.05) is 32.0 Å². The molecule has 0 aliphatic carbocycles. The molecule has 1 atom stereocenters. The maximum Gasteiger partial charge on any atom is 0.409 e. The molecule has 0 radical (unpaired) electrons. The summed E-state index contributed by atoms with van der Waals surface area (Å²) >= 11 is 0. The molecule has 4 rings (SSSR count). The van der Waals surface area contributed by atoms with E-state index in [0.717, 1.165) is 23.7 Å². The first-order valence-corrected chi connectivity index (χ1v) is 10.5. The van der Waals surface area contributed by atoms with Gasteiger partial charge in [-0.2, -0.15) is 18.3 Å². The molecule has 4 aromatic heterocycles. The van der Waals surface area contributed by atoms with Crippen LogP contribution >= 0.6 is 0 Å². The average Bonchev–Trinajstić information content (AvgIpc) is 3.12. The van der Waals surface area contributed by atoms with Gasteiger partial charge >= 0.3 is 6.18 Å². The van der Waals surface area contributed by atoms with E-state index in [0.29, 0.717) is 28.7 Å². The van der Waals surface area contributed by atoms with Crippen molar-refractivity contribution in [3.63, 3.8) is 0 Å². The molecule has 34 heavy (non-hydrogen) atoms. The monoisotopic (exact) mass is 471 g/mol. The summed E-state index contributed by atoms with van der Waals surface area (Å²) in [6.45, 7) is 5.64. The third kappa shape index (κ3) is 4.93. The Kier molecular flexibility index (Phi) is 5.90. The van der Waals surface area contributed by atoms with Crippen LogP contribution in [0.3, 0.4) is 0 Å². The van der Waals surface area contributed by atoms with Gasteiger partial charge in [0.25, 0.3) is 0 Å². The number of nitrogens with two attached hydrogens (primary N) is 1. The van der Waals surface area contributed by atoms with Crippen LogP contribution in [-0.4, -0.2) is 42.9 Å². The number of hydrogen-bond acceptors (Lipinski definition) is 7. The molecule has 0 aromatic carbocycles. The van der Waals surface area contributed by atoms with E-state index in [-0.39, 0.29) is 5.75 Å². The normalized spacial score (nSPS) is 13.6. The Morgan fingerprint density at radius 2 is 1.79 bits per heavy atom. The lowest BCUT2D eigenvalue weighted by atomic mass is 10.0. The van der Waals surface area contributed by atoms with E-state index in [1.165, 1.54) is 6.20 Å². The van der Waals surface area contributed by atoms with Crippen molar-refractivity contribution in [2.24, 2.45) is 5.73 Å². The highest BCUT2D eigenvalue weighted by molar-refractivity contribution is 5.75. The average molecular weight is 471 g/mol. The van der Waals surface area contributed by atoms with Gasteiger partial charge in [0.2, 0.25) is 0 Å². The number of fused-ring (bicyclic) bond motifs is 1. The van der Waals surface area contributed by atoms with Crippen molar-refractivity contribution in [3.8, 4) is 16.9 Å². The maximum absolute atomic E-state index is 13.2. The zero-order valence-corrected chi connectivity index (χ0v) is 19.1. The third-order valence-corrected chi connectivity index (χ3v) is 5.18. The van der Waals surface area contributed by atoms with Crippen LogP contribution in [0.1, 0.15) is 24.1 Å². The number of aromatic nitrogens is 5. The van der Waals surface area contributed by atoms with Crippen molar-refractivity contribution in [2.45, 2.75) is 39.4 Å². The van der Waals surface area contributed by atoms with Crippen LogP contribution in [0.25, 0.3) is 16.6 Å². The van der Waals surface area contributed by atoms with E-state index in [4.69, 9.17) is 10.5 Å². The van der Waals surface area contributed by atoms with Gasteiger partial charge in [0.1, 0.15) is 29.5 Å². The van der Waals surface area contributed by atoms with E-state index in [1.54, 1.807) is 29.8 Å². The summed E-state index contributed by atoms with van der Waals surface area (Å²) in [5, 5.41) is 7.67. The molecule has 8 nitrogen and oxygen atoms in total. The SMILES string of the molecule is Cc1cc(-c2ccn3nc(Nc4cc(C)nc(C)n4)cc3c2)c(OC[C@](C)(N)C(F)(F)F)cn1. The standard InChI is InChI=1S/C23H24F3N7O/c1-13-7-18(19(11-28-13)34-12-22(4,27)23(24,25)26)16-5-6-33-17(9-16)10-21(32-33)31-20-8-14(2)29-15(3)30-20/h5-11H,12,27H2,1-4H3,(H,29,30,31,32)/t22-/m0/s1. The zero-order chi connectivity index (χ0) is 24.7. The Bertz CT molecular complexity index is 1330. The molecule has 11 heteroatoms. The fourth-order valence-electron chi connectivity index (χ4n) is 3.33. The fourth-order valence-corrected chi connectivity index (χ4v) is 3.33. The molecule has 3 N–H and O–H groups in total. The first kappa shape index (κ1) is 23.4. The van der Waals surface area contributed by atoms with E-state index in [9.17, 15) is 13.2 Å². The van der Waals surface area contributed by atoms with Gasteiger partial charge in [-0.25, -0.2) is 14.5 Å². The summed E-state index contributed by atoms with van der Waals surface area (Å²) in [7, 11) is 0. The van der Waals surface area contributed by atoms with Crippen molar-refractivity contribution < 1.29 is 17.9 Å². The van der Waals surface area contributed by atoms with Crippen LogP contribution in [0.4, 0.5) is 24.8 Å². The molecule has 0 fully saturated rings. The van der Waals surface area contributed by atoms with Gasteiger partial charge in [-0.3, -0.25) is 4.98 Å². The van der Waals surface area contributed by atoms with Gasteiger partial charge in [-0.05, 0) is 51.5 Å². The van der Waals surface area contributed by atoms with Gasteiger partial charge < -0.3 is 15.8 Å². The summed E-state index contributed by atoms with van der Waals surface area (Å²) in [6, 6.07) is 9.07. The Morgan fingerprint density at radius 1 is 1.03 bits per heavy atom. The number of anilines is 2. The van der Waals surface area contributed by atoms with E-state index in [2.05, 4.69) is 25.4 Å². The lowest BCUT2D eigenvalue weighted by molar-refractivity contribution is -0.187. The number of ether oxygens (including phenoxy) is 1. The highest BCUT2D eigenvalue weighted by Gasteiger charge is 2.49. The number of halogens is 3. The Morgan fingerprint density at radius 3 is 2.50 bits per heavy atom. The molecule has 0 saturated heterocycles. The number of aryl methyl sites for hydroxylation is 3. The van der Waals surface area contributed by atoms with Crippen molar-refractivity contribution in [1.82, 2.24) is 24.6 Å². The number of alkyl halides is 3. The maximum atomic E-state index is 13.2. The van der Waals surface area contributed by atoms with Crippen LogP contribution in [0.15, 0.2) is 42.7 Å². The molecule has 0 saturated carbocycles. The lowest BCUT2D eigenvalue weighted by Crippen LogP contribution is -2.55. The number of rotatable bonds is 6. The summed E-state index contributed by atoms with van der Waals surface area (Å²) in [4.78, 5) is 12.8. The predicted octanol–water partition coefficient (Wildman–Crippen LogP) is 4.51. The quantitative estimate of drug-likeness (QED) is 0.426. The second-order valence-electron chi connectivity index (χ2n) is 8.41. The van der Waals surface area contributed by atoms with Crippen LogP contribution in [-0.2, 0) is 0 Å². The van der Waals surface area contributed by atoms with Crippen molar-refractivity contribution >= 4 is 17.2 Å². The Labute approximate surface area is 194 Å². The molecule has 0 aliphatic rings. The molecule has 4 aromatic rings. The predicted molar refractivity (Wildman–Crippen MR) is 122 cm³/mol. The summed E-state index contributed by atoms with van der Waals surface area (Å²) in [6.07, 6.45) is -1.44. The van der Waals surface area contributed by atoms with Crippen molar-refractivity contribution in [1.29, 1.82) is 0 Å². The molecular formula is C23H24F3N7O. The largest absolute Gasteiger partial charge is 0.489 e. The topological polar surface area (TPSA) is 103 Å². The van der Waals surface area contributed by atoms with E-state index >= 15 is 0 Å². The summed E-state index contributed by atoms with van der Waals surface area (Å²) in [5.41, 5.74) is 6.55. The molecule has 0 unspecified atom stereocenters. The first-order chi connectivity index (χ1) is 15.9. The molecule has 0 aliphatic heterocycles. The summed E-state index contributed by atoms with van der Waals surface area (Å²) < 4.78 is 46.7. The first-order valence-electron chi connectivity index (χ1n) is 10.5. The minimum atomic E-state index is -4.61. The molecular weight excluding hydrogens is 447 g/mol. The second kappa shape index (κ2) is 8.56. The van der Waals surface area contributed by atoms with Gasteiger partial charge in [0.05, 0.1) is 11.7 Å². The second-order valence-corrected chi connectivity index (χ2v) is 8.41. The molecule has 0 amide bonds. The Balaban J connectivity index is 1.64. The van der Waals surface area contributed by atoms with Crippen LogP contribution in [0.5, 0.6) is 5.75 Å². The highest BCUT2D eigenvalue weighted by Crippen LogP contribution is 2.34. The molecule has 4 heterocycles. The molecule has 0 bridgehead atoms. The smallest absolute Gasteiger partial charge is 0.409 e. The number of nitrogens with zero attached hydrogens (tertiary/aromatic N) is 5. The summed E-state index contributed by atoms with van der Waals surface area (Å²) in [5.74, 6) is 2.07. The lowest BCUT2D eigenvalue weighted by Gasteiger charge is -2.27. The zero-order valence-electron chi connectivity index (χ0n) is 19.1. The van der Waals surface area contributed by atoms with Crippen molar-refractivity contribution in [3.05, 3.63) is 59.9 Å². The highest BCUT2D eigenvalue weighted by atomic mass is 19.4. The van der Waals surface area contributed by atoms with E-state index < -0.39 is 18.3 Å². The van der Waals surface area contributed by atoms with Gasteiger partial charge in [0, 0.05) is 35.3 Å². The van der Waals surface area contributed by atoms with Crippen molar-refractivity contribution in [2.75, 3.05) is 11.9 Å². The van der Waals surface area contributed by atoms with Gasteiger partial charge in [-0.15, -0.1) is 0 Å². The number of nitrogens with one attached hydrogen (secondary N) is 1. The van der Waals surface area contributed by atoms with Gasteiger partial charge in [-0.1, -0.05) is 0 Å². The molecule has 0 spiro atoms. The number of hydrogen-bond donors (Lipinski definition) is 2. The van der Waals surface area contributed by atoms with Crippen LogP contribution in [0, 0.1) is 20.8 Å². The Hall–Kier alpha value is -3.73. The van der Waals surface area contributed by atoms with Crippen LogP contribution < -0.4 is 15.8 Å². The minimum Gasteiger partial charge on any atom is -0.489 e. The third-order valence-electron chi connectivity index (χ3n) is 5.18. The minimum absolute atomic E-state index is 0.209. The number of pyridine rings is 2. The fraction of sp³-hybridized carbons (Fsp3) is 0.304. The van der Waals surface area contributed by atoms with Gasteiger partial charge in [0.15, 0.2) is 5.82 Å². The molecule has 178 valence electrons.